The van der Waals surface area contributed by atoms with Gasteiger partial charge in [-0.2, -0.15) is 0 Å². The molecule has 0 N–H and O–H groups in total. The number of halogens is 1. The Morgan fingerprint density at radius 2 is 1.92 bits per heavy atom. The highest BCUT2D eigenvalue weighted by Crippen LogP contribution is 2.27. The maximum Gasteiger partial charge on any atom is 0.410 e. The van der Waals surface area contributed by atoms with Gasteiger partial charge >= 0.3 is 6.09 Å². The van der Waals surface area contributed by atoms with Crippen molar-refractivity contribution in [2.24, 2.45) is 0 Å². The quantitative estimate of drug-likeness (QED) is 0.791. The number of hydrogen-bond donors (Lipinski definition) is 0. The highest BCUT2D eigenvalue weighted by molar-refractivity contribution is 6.33. The van der Waals surface area contributed by atoms with Crippen LogP contribution in [0.4, 0.5) is 10.6 Å². The van der Waals surface area contributed by atoms with Crippen molar-refractivity contribution in [3.63, 3.8) is 0 Å². The number of ether oxygens (including phenoxy) is 1. The van der Waals surface area contributed by atoms with Gasteiger partial charge in [-0.15, -0.1) is 0 Å². The summed E-state index contributed by atoms with van der Waals surface area (Å²) in [5, 5.41) is 0.576. The van der Waals surface area contributed by atoms with Gasteiger partial charge in [-0.25, -0.2) is 9.78 Å². The second-order valence-electron chi connectivity index (χ2n) is 6.79. The molecule has 7 heteroatoms. The molecule has 1 amide bonds. The fourth-order valence-corrected chi connectivity index (χ4v) is 2.88. The van der Waals surface area contributed by atoms with Crippen LogP contribution in [0.2, 0.25) is 5.02 Å². The summed E-state index contributed by atoms with van der Waals surface area (Å²) >= 11 is 6.37. The Labute approximate surface area is 146 Å². The molecule has 1 aliphatic rings. The Bertz CT molecular complexity index is 752. The van der Waals surface area contributed by atoms with Crippen LogP contribution >= 0.6 is 11.6 Å². The van der Waals surface area contributed by atoms with Crippen molar-refractivity contribution in [2.45, 2.75) is 26.4 Å². The van der Waals surface area contributed by atoms with E-state index in [2.05, 4.69) is 14.9 Å². The predicted octanol–water partition coefficient (Wildman–Crippen LogP) is 3.34. The first-order valence-corrected chi connectivity index (χ1v) is 8.35. The number of pyridine rings is 2. The molecule has 3 rings (SSSR count). The molecule has 128 valence electrons. The molecule has 2 aromatic rings. The van der Waals surface area contributed by atoms with Crippen LogP contribution in [0.1, 0.15) is 20.8 Å². The van der Waals surface area contributed by atoms with Gasteiger partial charge < -0.3 is 14.5 Å². The summed E-state index contributed by atoms with van der Waals surface area (Å²) in [7, 11) is 0. The first-order chi connectivity index (χ1) is 11.3. The van der Waals surface area contributed by atoms with Crippen molar-refractivity contribution in [3.05, 3.63) is 29.4 Å². The van der Waals surface area contributed by atoms with E-state index in [-0.39, 0.29) is 6.09 Å². The SMILES string of the molecule is CC(C)(C)OC(=O)N1CCN(c2nc3cccnc3cc2Cl)CC1. The molecule has 0 atom stereocenters. The van der Waals surface area contributed by atoms with Crippen LogP contribution in [0.15, 0.2) is 24.4 Å². The van der Waals surface area contributed by atoms with E-state index in [4.69, 9.17) is 16.3 Å². The zero-order valence-corrected chi connectivity index (χ0v) is 14.9. The number of piperazine rings is 1. The van der Waals surface area contributed by atoms with E-state index >= 15 is 0 Å². The molecule has 2 aromatic heterocycles. The standard InChI is InChI=1S/C17H21ClN4O2/c1-17(2,3)24-16(23)22-9-7-21(8-10-22)15-12(18)11-14-13(20-15)5-4-6-19-14/h4-6,11H,7-10H2,1-3H3. The summed E-state index contributed by atoms with van der Waals surface area (Å²) in [6, 6.07) is 5.60. The monoisotopic (exact) mass is 348 g/mol. The predicted molar refractivity (Wildman–Crippen MR) is 94.6 cm³/mol. The fraction of sp³-hybridized carbons (Fsp3) is 0.471. The van der Waals surface area contributed by atoms with Crippen molar-refractivity contribution < 1.29 is 9.53 Å². The fourth-order valence-electron chi connectivity index (χ4n) is 2.62. The molecule has 0 unspecified atom stereocenters. The van der Waals surface area contributed by atoms with Gasteiger partial charge in [0.15, 0.2) is 0 Å². The summed E-state index contributed by atoms with van der Waals surface area (Å²) < 4.78 is 5.42. The van der Waals surface area contributed by atoms with Gasteiger partial charge in [0.2, 0.25) is 0 Å². The van der Waals surface area contributed by atoms with E-state index in [1.54, 1.807) is 11.1 Å². The molecule has 24 heavy (non-hydrogen) atoms. The Morgan fingerprint density at radius 3 is 2.58 bits per heavy atom. The number of nitrogens with zero attached hydrogens (tertiary/aromatic N) is 4. The average molecular weight is 349 g/mol. The second kappa shape index (κ2) is 6.43. The lowest BCUT2D eigenvalue weighted by Gasteiger charge is -2.36. The van der Waals surface area contributed by atoms with Crippen molar-refractivity contribution >= 4 is 34.5 Å². The maximum atomic E-state index is 12.1. The van der Waals surface area contributed by atoms with Crippen LogP contribution in [0.5, 0.6) is 0 Å². The van der Waals surface area contributed by atoms with Gasteiger partial charge in [-0.1, -0.05) is 11.6 Å². The maximum absolute atomic E-state index is 12.1. The third-order valence-electron chi connectivity index (χ3n) is 3.75. The van der Waals surface area contributed by atoms with Crippen molar-refractivity contribution in [1.82, 2.24) is 14.9 Å². The summed E-state index contributed by atoms with van der Waals surface area (Å²) in [5.41, 5.74) is 1.11. The topological polar surface area (TPSA) is 58.6 Å². The minimum Gasteiger partial charge on any atom is -0.444 e. The molecular formula is C17H21ClN4O2. The minimum atomic E-state index is -0.482. The summed E-state index contributed by atoms with van der Waals surface area (Å²) in [4.78, 5) is 24.8. The van der Waals surface area contributed by atoms with Crippen LogP contribution in [-0.2, 0) is 4.74 Å². The lowest BCUT2D eigenvalue weighted by Crippen LogP contribution is -2.50. The summed E-state index contributed by atoms with van der Waals surface area (Å²) in [5.74, 6) is 0.737. The molecule has 1 aliphatic heterocycles. The molecule has 3 heterocycles. The zero-order chi connectivity index (χ0) is 17.3. The molecule has 0 spiro atoms. The molecule has 0 aliphatic carbocycles. The van der Waals surface area contributed by atoms with Gasteiger partial charge in [0.05, 0.1) is 16.1 Å². The Morgan fingerprint density at radius 1 is 1.21 bits per heavy atom. The third-order valence-corrected chi connectivity index (χ3v) is 4.03. The zero-order valence-electron chi connectivity index (χ0n) is 14.1. The Kier molecular flexibility index (Phi) is 4.49. The number of aromatic nitrogens is 2. The van der Waals surface area contributed by atoms with E-state index in [9.17, 15) is 4.79 Å². The first-order valence-electron chi connectivity index (χ1n) is 7.98. The molecular weight excluding hydrogens is 328 g/mol. The van der Waals surface area contributed by atoms with Gasteiger partial charge in [0.1, 0.15) is 11.4 Å². The number of hydrogen-bond acceptors (Lipinski definition) is 5. The average Bonchev–Trinajstić information content (AvgIpc) is 2.53. The van der Waals surface area contributed by atoms with Crippen LogP contribution < -0.4 is 4.90 Å². The molecule has 0 radical (unpaired) electrons. The first kappa shape index (κ1) is 16.8. The van der Waals surface area contributed by atoms with E-state index in [0.717, 1.165) is 16.9 Å². The minimum absolute atomic E-state index is 0.274. The highest BCUT2D eigenvalue weighted by atomic mass is 35.5. The molecule has 1 fully saturated rings. The van der Waals surface area contributed by atoms with E-state index < -0.39 is 5.60 Å². The smallest absolute Gasteiger partial charge is 0.410 e. The number of fused-ring (bicyclic) bond motifs is 1. The third kappa shape index (κ3) is 3.70. The lowest BCUT2D eigenvalue weighted by atomic mass is 10.2. The van der Waals surface area contributed by atoms with Crippen LogP contribution in [0.25, 0.3) is 11.0 Å². The highest BCUT2D eigenvalue weighted by Gasteiger charge is 2.27. The molecule has 0 bridgehead atoms. The van der Waals surface area contributed by atoms with Crippen LogP contribution in [0.3, 0.4) is 0 Å². The van der Waals surface area contributed by atoms with Crippen molar-refractivity contribution in [2.75, 3.05) is 31.1 Å². The second-order valence-corrected chi connectivity index (χ2v) is 7.20. The van der Waals surface area contributed by atoms with E-state index in [0.29, 0.717) is 31.2 Å². The Balaban J connectivity index is 1.71. The largest absolute Gasteiger partial charge is 0.444 e. The molecule has 1 saturated heterocycles. The number of amides is 1. The Hall–Kier alpha value is -2.08. The van der Waals surface area contributed by atoms with Gasteiger partial charge in [-0.05, 0) is 39.0 Å². The van der Waals surface area contributed by atoms with Crippen molar-refractivity contribution in [3.8, 4) is 0 Å². The van der Waals surface area contributed by atoms with Crippen LogP contribution in [0, 0.1) is 0 Å². The number of rotatable bonds is 1. The van der Waals surface area contributed by atoms with E-state index in [1.807, 2.05) is 39.0 Å². The molecule has 0 aromatic carbocycles. The van der Waals surface area contributed by atoms with Crippen molar-refractivity contribution in [1.29, 1.82) is 0 Å². The summed E-state index contributed by atoms with van der Waals surface area (Å²) in [6.07, 6.45) is 1.45. The van der Waals surface area contributed by atoms with Gasteiger partial charge in [-0.3, -0.25) is 4.98 Å². The lowest BCUT2D eigenvalue weighted by molar-refractivity contribution is 0.0240. The van der Waals surface area contributed by atoms with E-state index in [1.165, 1.54) is 0 Å². The molecule has 0 saturated carbocycles. The number of anilines is 1. The van der Waals surface area contributed by atoms with Gasteiger partial charge in [0.25, 0.3) is 0 Å². The number of carbonyl (C=O) groups excluding carboxylic acids is 1. The van der Waals surface area contributed by atoms with Gasteiger partial charge in [0, 0.05) is 32.4 Å². The van der Waals surface area contributed by atoms with Crippen LogP contribution in [-0.4, -0.2) is 52.7 Å². The molecule has 6 nitrogen and oxygen atoms in total. The number of carbonyl (C=O) groups is 1. The normalized spacial score (nSPS) is 15.7. The summed E-state index contributed by atoms with van der Waals surface area (Å²) in [6.45, 7) is 8.10.